The van der Waals surface area contributed by atoms with Gasteiger partial charge in [-0.15, -0.1) is 0 Å². The van der Waals surface area contributed by atoms with Crippen LogP contribution in [0.25, 0.3) is 0 Å². The highest BCUT2D eigenvalue weighted by atomic mass is 32.2. The summed E-state index contributed by atoms with van der Waals surface area (Å²) in [5.74, 6) is -1.74. The maximum atomic E-state index is 11.8. The smallest absolute Gasteiger partial charge is 0.326 e. The Balaban J connectivity index is 4.61. The quantitative estimate of drug-likeness (QED) is 0.568. The van der Waals surface area contributed by atoms with Gasteiger partial charge in [-0.2, -0.15) is 0 Å². The fourth-order valence-corrected chi connectivity index (χ4v) is 2.94. The molecule has 0 saturated carbocycles. The zero-order chi connectivity index (χ0) is 15.9. The molecule has 0 aromatic rings. The van der Waals surface area contributed by atoms with E-state index in [4.69, 9.17) is 5.11 Å². The Hall–Kier alpha value is -1.15. The van der Waals surface area contributed by atoms with Crippen LogP contribution in [-0.2, 0) is 19.6 Å². The summed E-state index contributed by atoms with van der Waals surface area (Å²) >= 11 is 0. The first-order valence-corrected chi connectivity index (χ1v) is 8.27. The zero-order valence-corrected chi connectivity index (χ0v) is 13.2. The monoisotopic (exact) mass is 308 g/mol. The van der Waals surface area contributed by atoms with Crippen LogP contribution in [0.2, 0.25) is 0 Å². The van der Waals surface area contributed by atoms with Gasteiger partial charge in [0.25, 0.3) is 0 Å². The van der Waals surface area contributed by atoms with Crippen LogP contribution in [-0.4, -0.2) is 43.2 Å². The third-order valence-electron chi connectivity index (χ3n) is 2.54. The van der Waals surface area contributed by atoms with Crippen molar-refractivity contribution in [3.63, 3.8) is 0 Å². The molecule has 8 heteroatoms. The van der Waals surface area contributed by atoms with E-state index in [0.717, 1.165) is 0 Å². The maximum absolute atomic E-state index is 11.8. The van der Waals surface area contributed by atoms with Gasteiger partial charge in [-0.1, -0.05) is 20.8 Å². The molecule has 118 valence electrons. The van der Waals surface area contributed by atoms with Gasteiger partial charge in [-0.25, -0.2) is 17.9 Å². The Kier molecular flexibility index (Phi) is 7.74. The minimum Gasteiger partial charge on any atom is -0.480 e. The number of rotatable bonds is 9. The van der Waals surface area contributed by atoms with Crippen molar-refractivity contribution >= 4 is 21.9 Å². The number of carboxylic acid groups (broad SMARTS) is 1. The number of hydrogen-bond donors (Lipinski definition) is 3. The van der Waals surface area contributed by atoms with Gasteiger partial charge in [0.05, 0.1) is 11.8 Å². The van der Waals surface area contributed by atoms with E-state index >= 15 is 0 Å². The van der Waals surface area contributed by atoms with Gasteiger partial charge in [0.2, 0.25) is 15.9 Å². The van der Waals surface area contributed by atoms with Gasteiger partial charge >= 0.3 is 5.97 Å². The molecule has 1 amide bonds. The van der Waals surface area contributed by atoms with Crippen molar-refractivity contribution in [2.75, 3.05) is 5.75 Å². The molecule has 0 spiro atoms. The van der Waals surface area contributed by atoms with Crippen molar-refractivity contribution < 1.29 is 23.1 Å². The van der Waals surface area contributed by atoms with Crippen molar-refractivity contribution in [1.82, 2.24) is 10.0 Å². The third-order valence-corrected chi connectivity index (χ3v) is 4.20. The Labute approximate surface area is 120 Å². The van der Waals surface area contributed by atoms with Gasteiger partial charge in [0.15, 0.2) is 0 Å². The molecular weight excluding hydrogens is 284 g/mol. The highest BCUT2D eigenvalue weighted by Crippen LogP contribution is 2.05. The van der Waals surface area contributed by atoms with Gasteiger partial charge < -0.3 is 10.4 Å². The van der Waals surface area contributed by atoms with Gasteiger partial charge in [0, 0.05) is 0 Å². The van der Waals surface area contributed by atoms with Crippen LogP contribution in [0.4, 0.5) is 0 Å². The van der Waals surface area contributed by atoms with E-state index in [1.54, 1.807) is 6.92 Å². The second-order valence-electron chi connectivity index (χ2n) is 5.19. The molecule has 0 aliphatic heterocycles. The fourth-order valence-electron chi connectivity index (χ4n) is 1.64. The molecule has 0 fully saturated rings. The molecule has 0 aliphatic carbocycles. The van der Waals surface area contributed by atoms with Gasteiger partial charge in [-0.05, 0) is 25.7 Å². The molecular formula is C12H24N2O5S. The zero-order valence-electron chi connectivity index (χ0n) is 12.3. The van der Waals surface area contributed by atoms with E-state index in [1.165, 1.54) is 6.92 Å². The summed E-state index contributed by atoms with van der Waals surface area (Å²) in [5, 5.41) is 11.4. The highest BCUT2D eigenvalue weighted by Gasteiger charge is 2.25. The SMILES string of the molecule is CCCS(=O)(=O)NC(C)C(=O)N[C@@H](CC(C)C)C(=O)O. The van der Waals surface area contributed by atoms with Crippen molar-refractivity contribution in [2.24, 2.45) is 5.92 Å². The summed E-state index contributed by atoms with van der Waals surface area (Å²) in [6.45, 7) is 6.79. The lowest BCUT2D eigenvalue weighted by Crippen LogP contribution is -2.50. The molecule has 1 unspecified atom stereocenters. The van der Waals surface area contributed by atoms with E-state index in [-0.39, 0.29) is 18.1 Å². The van der Waals surface area contributed by atoms with Crippen molar-refractivity contribution in [2.45, 2.75) is 52.6 Å². The van der Waals surface area contributed by atoms with Crippen LogP contribution >= 0.6 is 0 Å². The van der Waals surface area contributed by atoms with Crippen LogP contribution in [0.5, 0.6) is 0 Å². The molecule has 0 rings (SSSR count). The Morgan fingerprint density at radius 2 is 1.75 bits per heavy atom. The predicted molar refractivity (Wildman–Crippen MR) is 75.7 cm³/mol. The van der Waals surface area contributed by atoms with Gasteiger partial charge in [-0.3, -0.25) is 4.79 Å². The van der Waals surface area contributed by atoms with Crippen LogP contribution in [0.1, 0.15) is 40.5 Å². The molecule has 0 bridgehead atoms. The lowest BCUT2D eigenvalue weighted by atomic mass is 10.0. The minimum atomic E-state index is -3.51. The molecule has 0 aromatic carbocycles. The number of amides is 1. The summed E-state index contributed by atoms with van der Waals surface area (Å²) in [6, 6.07) is -2.01. The fraction of sp³-hybridized carbons (Fsp3) is 0.833. The Morgan fingerprint density at radius 1 is 1.20 bits per heavy atom. The summed E-state index contributed by atoms with van der Waals surface area (Å²) in [4.78, 5) is 22.8. The first-order valence-electron chi connectivity index (χ1n) is 6.62. The number of carbonyl (C=O) groups is 2. The summed E-state index contributed by atoms with van der Waals surface area (Å²) < 4.78 is 25.3. The number of sulfonamides is 1. The lowest BCUT2D eigenvalue weighted by Gasteiger charge is -2.19. The molecule has 0 radical (unpaired) electrons. The molecule has 0 heterocycles. The standard InChI is InChI=1S/C12H24N2O5S/c1-5-6-20(18,19)14-9(4)11(15)13-10(12(16)17)7-8(2)3/h8-10,14H,5-7H2,1-4H3,(H,13,15)(H,16,17)/t9?,10-/m0/s1. The van der Waals surface area contributed by atoms with E-state index in [1.807, 2.05) is 13.8 Å². The van der Waals surface area contributed by atoms with Crippen LogP contribution < -0.4 is 10.0 Å². The van der Waals surface area contributed by atoms with E-state index in [0.29, 0.717) is 6.42 Å². The topological polar surface area (TPSA) is 113 Å². The van der Waals surface area contributed by atoms with Crippen LogP contribution in [0.15, 0.2) is 0 Å². The molecule has 0 aromatic heterocycles. The number of nitrogens with one attached hydrogen (secondary N) is 2. The minimum absolute atomic E-state index is 0.0705. The lowest BCUT2D eigenvalue weighted by molar-refractivity contribution is -0.142. The summed E-state index contributed by atoms with van der Waals surface area (Å²) in [5.41, 5.74) is 0. The summed E-state index contributed by atoms with van der Waals surface area (Å²) in [7, 11) is -3.51. The van der Waals surface area contributed by atoms with Crippen molar-refractivity contribution in [3.8, 4) is 0 Å². The maximum Gasteiger partial charge on any atom is 0.326 e. The summed E-state index contributed by atoms with van der Waals surface area (Å²) in [6.07, 6.45) is 0.726. The van der Waals surface area contributed by atoms with E-state index in [2.05, 4.69) is 10.0 Å². The average molecular weight is 308 g/mol. The number of carboxylic acids is 1. The largest absolute Gasteiger partial charge is 0.480 e. The van der Waals surface area contributed by atoms with Crippen LogP contribution in [0.3, 0.4) is 0 Å². The van der Waals surface area contributed by atoms with Crippen LogP contribution in [0, 0.1) is 5.92 Å². The van der Waals surface area contributed by atoms with E-state index in [9.17, 15) is 18.0 Å². The van der Waals surface area contributed by atoms with Crippen molar-refractivity contribution in [3.05, 3.63) is 0 Å². The molecule has 20 heavy (non-hydrogen) atoms. The molecule has 7 nitrogen and oxygen atoms in total. The first-order chi connectivity index (χ1) is 9.09. The molecule has 3 N–H and O–H groups in total. The second-order valence-corrected chi connectivity index (χ2v) is 7.06. The Bertz CT molecular complexity index is 433. The molecule has 2 atom stereocenters. The highest BCUT2D eigenvalue weighted by molar-refractivity contribution is 7.89. The normalized spacial score (nSPS) is 14.8. The average Bonchev–Trinajstić information content (AvgIpc) is 2.26. The van der Waals surface area contributed by atoms with Gasteiger partial charge in [0.1, 0.15) is 6.04 Å². The van der Waals surface area contributed by atoms with E-state index < -0.39 is 34.0 Å². The number of aliphatic carboxylic acids is 1. The second kappa shape index (κ2) is 8.21. The first kappa shape index (κ1) is 18.9. The number of carbonyl (C=O) groups excluding carboxylic acids is 1. The predicted octanol–water partition coefficient (Wildman–Crippen LogP) is 0.320. The third kappa shape index (κ3) is 7.44. The Morgan fingerprint density at radius 3 is 2.15 bits per heavy atom. The number of hydrogen-bond acceptors (Lipinski definition) is 4. The van der Waals surface area contributed by atoms with Crippen molar-refractivity contribution in [1.29, 1.82) is 0 Å². The molecule has 0 saturated heterocycles. The molecule has 0 aliphatic rings.